The number of aliphatic hydroxyl groups excluding tert-OH is 1. The maximum absolute atomic E-state index is 10.2. The molecule has 2 aromatic heterocycles. The van der Waals surface area contributed by atoms with Crippen LogP contribution in [0.25, 0.3) is 10.9 Å². The SMILES string of the molecule is OC(c1cnc2ccccc2c1)c1cccs1. The van der Waals surface area contributed by atoms with E-state index >= 15 is 0 Å². The lowest BCUT2D eigenvalue weighted by molar-refractivity contribution is 0.224. The van der Waals surface area contributed by atoms with Crippen molar-refractivity contribution in [2.24, 2.45) is 0 Å². The molecule has 0 bridgehead atoms. The van der Waals surface area contributed by atoms with Gasteiger partial charge in [0.15, 0.2) is 0 Å². The predicted molar refractivity (Wildman–Crippen MR) is 70.1 cm³/mol. The molecule has 3 heteroatoms. The van der Waals surface area contributed by atoms with Gasteiger partial charge in [0.2, 0.25) is 0 Å². The van der Waals surface area contributed by atoms with Gasteiger partial charge in [-0.1, -0.05) is 24.3 Å². The fourth-order valence-electron chi connectivity index (χ4n) is 1.85. The first-order chi connectivity index (χ1) is 8.34. The van der Waals surface area contributed by atoms with Crippen LogP contribution in [0.2, 0.25) is 0 Å². The van der Waals surface area contributed by atoms with Gasteiger partial charge in [-0.25, -0.2) is 0 Å². The zero-order valence-electron chi connectivity index (χ0n) is 9.08. The van der Waals surface area contributed by atoms with Crippen molar-refractivity contribution in [1.29, 1.82) is 0 Å². The highest BCUT2D eigenvalue weighted by molar-refractivity contribution is 7.10. The van der Waals surface area contributed by atoms with Gasteiger partial charge in [-0.3, -0.25) is 4.98 Å². The Balaban J connectivity index is 2.06. The molecule has 1 aromatic carbocycles. The fraction of sp³-hybridized carbons (Fsp3) is 0.0714. The molecule has 2 heterocycles. The summed E-state index contributed by atoms with van der Waals surface area (Å²) in [7, 11) is 0. The van der Waals surface area contributed by atoms with Crippen molar-refractivity contribution < 1.29 is 5.11 Å². The van der Waals surface area contributed by atoms with Gasteiger partial charge in [-0.15, -0.1) is 11.3 Å². The molecular formula is C14H11NOS. The summed E-state index contributed by atoms with van der Waals surface area (Å²) < 4.78 is 0. The molecule has 0 fully saturated rings. The Labute approximate surface area is 103 Å². The first kappa shape index (κ1) is 10.4. The van der Waals surface area contributed by atoms with E-state index in [1.165, 1.54) is 0 Å². The molecule has 1 unspecified atom stereocenters. The number of fused-ring (bicyclic) bond motifs is 1. The molecule has 0 spiro atoms. The first-order valence-corrected chi connectivity index (χ1v) is 6.29. The van der Waals surface area contributed by atoms with Gasteiger partial charge >= 0.3 is 0 Å². The number of hydrogen-bond acceptors (Lipinski definition) is 3. The number of para-hydroxylation sites is 1. The molecule has 0 amide bonds. The highest BCUT2D eigenvalue weighted by Crippen LogP contribution is 2.26. The first-order valence-electron chi connectivity index (χ1n) is 5.41. The van der Waals surface area contributed by atoms with Crippen LogP contribution in [-0.4, -0.2) is 10.1 Å². The number of aliphatic hydroxyl groups is 1. The largest absolute Gasteiger partial charge is 0.383 e. The van der Waals surface area contributed by atoms with Gasteiger partial charge in [0, 0.05) is 22.0 Å². The Bertz CT molecular complexity index is 634. The standard InChI is InChI=1S/C14H11NOS/c16-14(13-6-3-7-17-13)11-8-10-4-1-2-5-12(10)15-9-11/h1-9,14,16H. The quantitative estimate of drug-likeness (QED) is 0.746. The van der Waals surface area contributed by atoms with Crippen LogP contribution in [0.1, 0.15) is 16.5 Å². The minimum atomic E-state index is -0.577. The summed E-state index contributed by atoms with van der Waals surface area (Å²) in [5.74, 6) is 0. The van der Waals surface area contributed by atoms with Crippen molar-refractivity contribution >= 4 is 22.2 Å². The molecule has 0 aliphatic rings. The number of hydrogen-bond donors (Lipinski definition) is 1. The van der Waals surface area contributed by atoms with Crippen LogP contribution in [0.5, 0.6) is 0 Å². The predicted octanol–water partition coefficient (Wildman–Crippen LogP) is 3.38. The van der Waals surface area contributed by atoms with Crippen LogP contribution in [0, 0.1) is 0 Å². The molecule has 2 nitrogen and oxygen atoms in total. The minimum Gasteiger partial charge on any atom is -0.383 e. The number of aromatic nitrogens is 1. The van der Waals surface area contributed by atoms with Crippen molar-refractivity contribution in [1.82, 2.24) is 4.98 Å². The summed E-state index contributed by atoms with van der Waals surface area (Å²) in [6, 6.07) is 13.8. The van der Waals surface area contributed by atoms with Crippen LogP contribution in [0.15, 0.2) is 54.0 Å². The van der Waals surface area contributed by atoms with Crippen LogP contribution in [0.3, 0.4) is 0 Å². The van der Waals surface area contributed by atoms with E-state index in [0.29, 0.717) is 0 Å². The van der Waals surface area contributed by atoms with Gasteiger partial charge in [0.25, 0.3) is 0 Å². The second-order valence-corrected chi connectivity index (χ2v) is 4.86. The minimum absolute atomic E-state index is 0.577. The maximum atomic E-state index is 10.2. The maximum Gasteiger partial charge on any atom is 0.115 e. The van der Waals surface area contributed by atoms with E-state index in [4.69, 9.17) is 0 Å². The van der Waals surface area contributed by atoms with E-state index in [2.05, 4.69) is 4.98 Å². The lowest BCUT2D eigenvalue weighted by atomic mass is 10.1. The smallest absolute Gasteiger partial charge is 0.115 e. The average Bonchev–Trinajstić information content (AvgIpc) is 2.91. The second kappa shape index (κ2) is 4.28. The molecule has 1 atom stereocenters. The molecule has 3 rings (SSSR count). The summed E-state index contributed by atoms with van der Waals surface area (Å²) in [6.07, 6.45) is 1.17. The highest BCUT2D eigenvalue weighted by atomic mass is 32.1. The van der Waals surface area contributed by atoms with Crippen LogP contribution < -0.4 is 0 Å². The molecular weight excluding hydrogens is 230 g/mol. The molecule has 1 N–H and O–H groups in total. The average molecular weight is 241 g/mol. The zero-order chi connectivity index (χ0) is 11.7. The number of thiophene rings is 1. The van der Waals surface area contributed by atoms with Gasteiger partial charge in [0.05, 0.1) is 5.52 Å². The Kier molecular flexibility index (Phi) is 2.63. The number of nitrogens with zero attached hydrogens (tertiary/aromatic N) is 1. The van der Waals surface area contributed by atoms with Gasteiger partial charge in [0.1, 0.15) is 6.10 Å². The molecule has 84 valence electrons. The van der Waals surface area contributed by atoms with E-state index < -0.39 is 6.10 Å². The molecule has 0 saturated carbocycles. The Morgan fingerprint density at radius 2 is 2.00 bits per heavy atom. The molecule has 0 saturated heterocycles. The molecule has 0 aliphatic carbocycles. The van der Waals surface area contributed by atoms with Crippen LogP contribution >= 0.6 is 11.3 Å². The third kappa shape index (κ3) is 1.95. The van der Waals surface area contributed by atoms with Crippen LogP contribution in [-0.2, 0) is 0 Å². The summed E-state index contributed by atoms with van der Waals surface area (Å²) in [5, 5.41) is 13.2. The van der Waals surface area contributed by atoms with Crippen molar-refractivity contribution in [2.45, 2.75) is 6.10 Å². The summed E-state index contributed by atoms with van der Waals surface area (Å²) in [4.78, 5) is 5.30. The summed E-state index contributed by atoms with van der Waals surface area (Å²) in [6.45, 7) is 0. The van der Waals surface area contributed by atoms with Crippen molar-refractivity contribution in [3.8, 4) is 0 Å². The van der Waals surface area contributed by atoms with E-state index in [-0.39, 0.29) is 0 Å². The number of benzene rings is 1. The third-order valence-electron chi connectivity index (χ3n) is 2.74. The van der Waals surface area contributed by atoms with Crippen molar-refractivity contribution in [3.05, 3.63) is 64.5 Å². The fourth-order valence-corrected chi connectivity index (χ4v) is 2.59. The lowest BCUT2D eigenvalue weighted by Gasteiger charge is -2.09. The molecule has 0 radical (unpaired) electrons. The molecule has 3 aromatic rings. The van der Waals surface area contributed by atoms with Gasteiger partial charge < -0.3 is 5.11 Å². The van der Waals surface area contributed by atoms with E-state index in [1.54, 1.807) is 17.5 Å². The van der Waals surface area contributed by atoms with Gasteiger partial charge in [-0.2, -0.15) is 0 Å². The Morgan fingerprint density at radius 3 is 2.82 bits per heavy atom. The van der Waals surface area contributed by atoms with Crippen molar-refractivity contribution in [3.63, 3.8) is 0 Å². The third-order valence-corrected chi connectivity index (χ3v) is 3.66. The van der Waals surface area contributed by atoms with E-state index in [1.807, 2.05) is 47.8 Å². The number of rotatable bonds is 2. The zero-order valence-corrected chi connectivity index (χ0v) is 9.89. The van der Waals surface area contributed by atoms with E-state index in [9.17, 15) is 5.11 Å². The Morgan fingerprint density at radius 1 is 1.12 bits per heavy atom. The lowest BCUT2D eigenvalue weighted by Crippen LogP contribution is -1.97. The second-order valence-electron chi connectivity index (χ2n) is 3.88. The molecule has 0 aliphatic heterocycles. The normalized spacial score (nSPS) is 12.8. The summed E-state index contributed by atoms with van der Waals surface area (Å²) in [5.41, 5.74) is 1.79. The topological polar surface area (TPSA) is 33.1 Å². The van der Waals surface area contributed by atoms with Gasteiger partial charge in [-0.05, 0) is 23.6 Å². The summed E-state index contributed by atoms with van der Waals surface area (Å²) >= 11 is 1.55. The molecule has 17 heavy (non-hydrogen) atoms. The highest BCUT2D eigenvalue weighted by Gasteiger charge is 2.12. The Hall–Kier alpha value is -1.71. The van der Waals surface area contributed by atoms with E-state index in [0.717, 1.165) is 21.3 Å². The number of pyridine rings is 1. The monoisotopic (exact) mass is 241 g/mol. The van der Waals surface area contributed by atoms with Crippen LogP contribution in [0.4, 0.5) is 0 Å². The van der Waals surface area contributed by atoms with Crippen molar-refractivity contribution in [2.75, 3.05) is 0 Å².